The van der Waals surface area contributed by atoms with Gasteiger partial charge in [-0.05, 0) is 46.7 Å². The first kappa shape index (κ1) is 14.9. The van der Waals surface area contributed by atoms with Crippen molar-refractivity contribution >= 4 is 28.6 Å². The molecular formula is C12H14INO2. The summed E-state index contributed by atoms with van der Waals surface area (Å²) in [5, 5.41) is 16.0. The second-order valence-corrected chi connectivity index (χ2v) is 4.54. The minimum Gasteiger partial charge on any atom is -0.481 e. The third-order valence-electron chi connectivity index (χ3n) is 1.88. The zero-order valence-electron chi connectivity index (χ0n) is 9.27. The highest BCUT2D eigenvalue weighted by Gasteiger charge is 2.10. The number of rotatable bonds is 3. The first-order valence-electron chi connectivity index (χ1n) is 4.79. The molecule has 0 heterocycles. The largest absolute Gasteiger partial charge is 0.481 e. The van der Waals surface area contributed by atoms with Gasteiger partial charge in [-0.25, -0.2) is 0 Å². The molecule has 1 aromatic carbocycles. The van der Waals surface area contributed by atoms with Crippen LogP contribution in [0.3, 0.4) is 0 Å². The van der Waals surface area contributed by atoms with E-state index < -0.39 is 5.97 Å². The quantitative estimate of drug-likeness (QED) is 0.866. The van der Waals surface area contributed by atoms with E-state index in [1.54, 1.807) is 13.0 Å². The fourth-order valence-electron chi connectivity index (χ4n) is 1.06. The SMILES string of the molecule is CC#N.C[C@@H](Cc1ccc(I)cc1)C(=O)O. The number of carbonyl (C=O) groups is 1. The van der Waals surface area contributed by atoms with E-state index >= 15 is 0 Å². The lowest BCUT2D eigenvalue weighted by molar-refractivity contribution is -0.141. The summed E-state index contributed by atoms with van der Waals surface area (Å²) in [7, 11) is 0. The number of halogens is 1. The van der Waals surface area contributed by atoms with Gasteiger partial charge in [0.15, 0.2) is 0 Å². The first-order valence-corrected chi connectivity index (χ1v) is 5.87. The van der Waals surface area contributed by atoms with E-state index in [4.69, 9.17) is 10.4 Å². The maximum absolute atomic E-state index is 10.6. The number of hydrogen-bond acceptors (Lipinski definition) is 2. The fraction of sp³-hybridized carbons (Fsp3) is 0.333. The van der Waals surface area contributed by atoms with Gasteiger partial charge in [-0.15, -0.1) is 0 Å². The van der Waals surface area contributed by atoms with Crippen LogP contribution in [0, 0.1) is 20.8 Å². The van der Waals surface area contributed by atoms with Gasteiger partial charge >= 0.3 is 5.97 Å². The standard InChI is InChI=1S/C10H11IO2.C2H3N/c1-7(10(12)13)6-8-2-4-9(11)5-3-8;1-2-3/h2-5,7H,6H2,1H3,(H,12,13);1H3/t7-;/m0./s1. The number of carboxylic acids is 1. The average molecular weight is 331 g/mol. The van der Waals surface area contributed by atoms with Gasteiger partial charge in [0.25, 0.3) is 0 Å². The van der Waals surface area contributed by atoms with Crippen LogP contribution in [0.25, 0.3) is 0 Å². The molecular weight excluding hydrogens is 317 g/mol. The Labute approximate surface area is 109 Å². The summed E-state index contributed by atoms with van der Waals surface area (Å²) in [6.45, 7) is 3.15. The maximum atomic E-state index is 10.6. The predicted octanol–water partition coefficient (Wildman–Crippen LogP) is 3.08. The minimum atomic E-state index is -0.737. The maximum Gasteiger partial charge on any atom is 0.306 e. The molecule has 0 aromatic heterocycles. The first-order chi connectivity index (χ1) is 7.51. The van der Waals surface area contributed by atoms with Crippen molar-refractivity contribution in [1.82, 2.24) is 0 Å². The second kappa shape index (κ2) is 8.11. The van der Waals surface area contributed by atoms with Crippen molar-refractivity contribution in [3.63, 3.8) is 0 Å². The molecule has 0 aliphatic rings. The van der Waals surface area contributed by atoms with E-state index in [1.807, 2.05) is 24.3 Å². The van der Waals surface area contributed by atoms with E-state index in [2.05, 4.69) is 22.6 Å². The van der Waals surface area contributed by atoms with Gasteiger partial charge in [0.05, 0.1) is 12.0 Å². The summed E-state index contributed by atoms with van der Waals surface area (Å²) in [6, 6.07) is 9.68. The highest BCUT2D eigenvalue weighted by molar-refractivity contribution is 14.1. The van der Waals surface area contributed by atoms with E-state index in [0.29, 0.717) is 6.42 Å². The molecule has 3 nitrogen and oxygen atoms in total. The van der Waals surface area contributed by atoms with Crippen molar-refractivity contribution in [3.05, 3.63) is 33.4 Å². The predicted molar refractivity (Wildman–Crippen MR) is 70.9 cm³/mol. The minimum absolute atomic E-state index is 0.305. The number of nitriles is 1. The van der Waals surface area contributed by atoms with Crippen LogP contribution in [0.1, 0.15) is 19.4 Å². The molecule has 0 amide bonds. The molecule has 0 radical (unpaired) electrons. The molecule has 0 aliphatic carbocycles. The highest BCUT2D eigenvalue weighted by Crippen LogP contribution is 2.11. The lowest BCUT2D eigenvalue weighted by Gasteiger charge is -2.05. The molecule has 86 valence electrons. The second-order valence-electron chi connectivity index (χ2n) is 3.29. The third kappa shape index (κ3) is 6.40. The fourth-order valence-corrected chi connectivity index (χ4v) is 1.42. The molecule has 1 atom stereocenters. The lowest BCUT2D eigenvalue weighted by atomic mass is 10.0. The molecule has 0 aliphatic heterocycles. The molecule has 1 rings (SSSR count). The van der Waals surface area contributed by atoms with Gasteiger partial charge in [-0.2, -0.15) is 5.26 Å². The van der Waals surface area contributed by atoms with Crippen molar-refractivity contribution in [1.29, 1.82) is 5.26 Å². The smallest absolute Gasteiger partial charge is 0.306 e. The topological polar surface area (TPSA) is 61.1 Å². The van der Waals surface area contributed by atoms with Crippen molar-refractivity contribution in [3.8, 4) is 6.07 Å². The Hall–Kier alpha value is -1.09. The van der Waals surface area contributed by atoms with Crippen LogP contribution >= 0.6 is 22.6 Å². The average Bonchev–Trinajstić information content (AvgIpc) is 2.22. The van der Waals surface area contributed by atoms with E-state index in [-0.39, 0.29) is 5.92 Å². The van der Waals surface area contributed by atoms with Crippen LogP contribution in [-0.4, -0.2) is 11.1 Å². The van der Waals surface area contributed by atoms with Gasteiger partial charge < -0.3 is 5.11 Å². The molecule has 1 N–H and O–H groups in total. The Morgan fingerprint density at radius 1 is 1.50 bits per heavy atom. The van der Waals surface area contributed by atoms with E-state index in [0.717, 1.165) is 5.56 Å². The molecule has 0 bridgehead atoms. The molecule has 4 heteroatoms. The Morgan fingerprint density at radius 3 is 2.31 bits per heavy atom. The monoisotopic (exact) mass is 331 g/mol. The summed E-state index contributed by atoms with van der Waals surface area (Å²) in [4.78, 5) is 10.6. The van der Waals surface area contributed by atoms with Crippen LogP contribution in [0.2, 0.25) is 0 Å². The zero-order valence-corrected chi connectivity index (χ0v) is 11.4. The molecule has 0 fully saturated rings. The van der Waals surface area contributed by atoms with E-state index in [1.165, 1.54) is 10.5 Å². The van der Waals surface area contributed by atoms with Gasteiger partial charge in [-0.3, -0.25) is 4.79 Å². The summed E-state index contributed by atoms with van der Waals surface area (Å²) < 4.78 is 1.17. The van der Waals surface area contributed by atoms with Gasteiger partial charge in [0, 0.05) is 10.5 Å². The molecule has 0 spiro atoms. The normalized spacial score (nSPS) is 10.6. The number of carboxylic acid groups (broad SMARTS) is 1. The Balaban J connectivity index is 0.000000673. The lowest BCUT2D eigenvalue weighted by Crippen LogP contribution is -2.12. The Morgan fingerprint density at radius 2 is 1.94 bits per heavy atom. The van der Waals surface area contributed by atoms with Gasteiger partial charge in [0.1, 0.15) is 0 Å². The van der Waals surface area contributed by atoms with Gasteiger partial charge in [0.2, 0.25) is 0 Å². The van der Waals surface area contributed by atoms with Crippen LogP contribution in [0.4, 0.5) is 0 Å². The van der Waals surface area contributed by atoms with Crippen LogP contribution in [0.15, 0.2) is 24.3 Å². The van der Waals surface area contributed by atoms with Crippen LogP contribution in [-0.2, 0) is 11.2 Å². The highest BCUT2D eigenvalue weighted by atomic mass is 127. The Bertz CT molecular complexity index is 368. The molecule has 16 heavy (non-hydrogen) atoms. The molecule has 0 unspecified atom stereocenters. The molecule has 1 aromatic rings. The van der Waals surface area contributed by atoms with E-state index in [9.17, 15) is 4.79 Å². The van der Waals surface area contributed by atoms with Crippen molar-refractivity contribution in [2.24, 2.45) is 5.92 Å². The number of aliphatic carboxylic acids is 1. The number of benzene rings is 1. The van der Waals surface area contributed by atoms with Crippen LogP contribution < -0.4 is 0 Å². The summed E-state index contributed by atoms with van der Waals surface area (Å²) in [5.41, 5.74) is 1.08. The van der Waals surface area contributed by atoms with Crippen LogP contribution in [0.5, 0.6) is 0 Å². The molecule has 0 saturated heterocycles. The Kier molecular flexibility index (Phi) is 7.56. The summed E-state index contributed by atoms with van der Waals surface area (Å²) >= 11 is 2.23. The molecule has 0 saturated carbocycles. The number of hydrogen-bond donors (Lipinski definition) is 1. The zero-order chi connectivity index (χ0) is 12.6. The van der Waals surface area contributed by atoms with Crippen molar-refractivity contribution in [2.75, 3.05) is 0 Å². The van der Waals surface area contributed by atoms with Crippen molar-refractivity contribution < 1.29 is 9.90 Å². The van der Waals surface area contributed by atoms with Gasteiger partial charge in [-0.1, -0.05) is 19.1 Å². The third-order valence-corrected chi connectivity index (χ3v) is 2.60. The number of nitrogens with zero attached hydrogens (tertiary/aromatic N) is 1. The van der Waals surface area contributed by atoms with Crippen molar-refractivity contribution in [2.45, 2.75) is 20.3 Å². The summed E-state index contributed by atoms with van der Waals surface area (Å²) in [6.07, 6.45) is 0.603. The summed E-state index contributed by atoms with van der Waals surface area (Å²) in [5.74, 6) is -1.04.